The van der Waals surface area contributed by atoms with Crippen molar-refractivity contribution in [3.05, 3.63) is 39.2 Å². The zero-order chi connectivity index (χ0) is 16.8. The third-order valence-corrected chi connectivity index (χ3v) is 5.19. The number of benzene rings is 1. The predicted octanol–water partition coefficient (Wildman–Crippen LogP) is 5.47. The van der Waals surface area contributed by atoms with Crippen LogP contribution in [-0.2, 0) is 6.18 Å². The van der Waals surface area contributed by atoms with Gasteiger partial charge in [0.05, 0.1) is 0 Å². The quantitative estimate of drug-likeness (QED) is 0.512. The van der Waals surface area contributed by atoms with Crippen molar-refractivity contribution in [3.63, 3.8) is 0 Å². The number of nitrogens with zero attached hydrogens (tertiary/aromatic N) is 3. The van der Waals surface area contributed by atoms with Crippen molar-refractivity contribution in [3.8, 4) is 0 Å². The average molecular weight is 424 g/mol. The Morgan fingerprint density at radius 2 is 1.91 bits per heavy atom. The molecule has 10 heteroatoms. The van der Waals surface area contributed by atoms with Gasteiger partial charge in [-0.15, -0.1) is 10.2 Å². The Kier molecular flexibility index (Phi) is 4.32. The molecule has 120 valence electrons. The Morgan fingerprint density at radius 3 is 2.52 bits per heavy atom. The zero-order valence-electron chi connectivity index (χ0n) is 11.3. The first kappa shape index (κ1) is 16.6. The maximum Gasteiger partial charge on any atom is 0.433 e. The summed E-state index contributed by atoms with van der Waals surface area (Å²) in [7, 11) is 0. The fourth-order valence-electron chi connectivity index (χ4n) is 1.87. The Balaban J connectivity index is 2.24. The fourth-order valence-corrected chi connectivity index (χ4v) is 4.22. The summed E-state index contributed by atoms with van der Waals surface area (Å²) in [5, 5.41) is 8.67. The molecular weight excluding hydrogens is 418 g/mol. The van der Waals surface area contributed by atoms with E-state index in [2.05, 4.69) is 31.1 Å². The molecule has 3 rings (SSSR count). The second-order valence-corrected chi connectivity index (χ2v) is 7.86. The molecule has 0 saturated heterocycles. The molecule has 23 heavy (non-hydrogen) atoms. The normalized spacial score (nSPS) is 12.1. The molecule has 0 saturated carbocycles. The number of hydrogen-bond donors (Lipinski definition) is 0. The van der Waals surface area contributed by atoms with Crippen molar-refractivity contribution in [2.45, 2.75) is 22.3 Å². The van der Waals surface area contributed by atoms with E-state index in [1.807, 2.05) is 0 Å². The first-order valence-electron chi connectivity index (χ1n) is 6.09. The Labute approximate surface area is 144 Å². The van der Waals surface area contributed by atoms with E-state index in [1.54, 1.807) is 6.92 Å². The van der Waals surface area contributed by atoms with E-state index in [0.29, 0.717) is 13.8 Å². The van der Waals surface area contributed by atoms with Gasteiger partial charge in [0.25, 0.3) is 0 Å². The van der Waals surface area contributed by atoms with Crippen molar-refractivity contribution in [1.82, 2.24) is 15.2 Å². The van der Waals surface area contributed by atoms with Gasteiger partial charge in [-0.05, 0) is 25.1 Å². The van der Waals surface area contributed by atoms with E-state index in [9.17, 15) is 17.6 Å². The number of hydrogen-bond acceptors (Lipinski definition) is 5. The Bertz CT molecular complexity index is 895. The van der Waals surface area contributed by atoms with E-state index >= 15 is 0 Å². The SMILES string of the molecule is Cc1nnc(Sc2cc(C(F)(F)F)nc3c(F)cc(Br)cc23)s1. The topological polar surface area (TPSA) is 38.7 Å². The second-order valence-electron chi connectivity index (χ2n) is 4.48. The van der Waals surface area contributed by atoms with Gasteiger partial charge in [-0.2, -0.15) is 13.2 Å². The smallest absolute Gasteiger partial charge is 0.240 e. The highest BCUT2D eigenvalue weighted by atomic mass is 79.9. The van der Waals surface area contributed by atoms with Gasteiger partial charge >= 0.3 is 6.18 Å². The predicted molar refractivity (Wildman–Crippen MR) is 83.2 cm³/mol. The summed E-state index contributed by atoms with van der Waals surface area (Å²) in [6.45, 7) is 1.74. The van der Waals surface area contributed by atoms with Gasteiger partial charge < -0.3 is 0 Å². The van der Waals surface area contributed by atoms with Crippen LogP contribution in [0.2, 0.25) is 0 Å². The lowest BCUT2D eigenvalue weighted by Gasteiger charge is -2.11. The fraction of sp³-hybridized carbons (Fsp3) is 0.154. The number of halogens is 5. The molecule has 0 unspecified atom stereocenters. The monoisotopic (exact) mass is 423 g/mol. The summed E-state index contributed by atoms with van der Waals surface area (Å²) < 4.78 is 54.0. The highest BCUT2D eigenvalue weighted by Gasteiger charge is 2.34. The molecule has 3 aromatic rings. The standard InChI is InChI=1S/C13H6BrF4N3S2/c1-5-20-21-12(22-5)23-9-4-10(13(16,17)18)19-11-7(9)2-6(14)3-8(11)15/h2-4H,1H3. The minimum absolute atomic E-state index is 0.221. The van der Waals surface area contributed by atoms with Crippen molar-refractivity contribution in [1.29, 1.82) is 0 Å². The van der Waals surface area contributed by atoms with Crippen LogP contribution in [0.15, 0.2) is 31.9 Å². The van der Waals surface area contributed by atoms with Crippen molar-refractivity contribution >= 4 is 49.9 Å². The maximum atomic E-state index is 14.0. The van der Waals surface area contributed by atoms with Gasteiger partial charge in [-0.3, -0.25) is 0 Å². The first-order valence-corrected chi connectivity index (χ1v) is 8.51. The number of fused-ring (bicyclic) bond motifs is 1. The molecule has 0 bridgehead atoms. The molecule has 3 nitrogen and oxygen atoms in total. The summed E-state index contributed by atoms with van der Waals surface area (Å²) in [5.74, 6) is -0.823. The highest BCUT2D eigenvalue weighted by Crippen LogP contribution is 2.39. The molecule has 0 aliphatic rings. The van der Waals surface area contributed by atoms with Gasteiger partial charge in [-0.25, -0.2) is 9.37 Å². The molecule has 0 N–H and O–H groups in total. The molecule has 0 aliphatic heterocycles. The van der Waals surface area contributed by atoms with Gasteiger partial charge in [0.2, 0.25) is 0 Å². The lowest BCUT2D eigenvalue weighted by molar-refractivity contribution is -0.141. The molecular formula is C13H6BrF4N3S2. The highest BCUT2D eigenvalue weighted by molar-refractivity contribution is 9.10. The van der Waals surface area contributed by atoms with E-state index in [1.165, 1.54) is 17.4 Å². The molecule has 0 aliphatic carbocycles. The number of alkyl halides is 3. The van der Waals surface area contributed by atoms with Crippen LogP contribution in [0, 0.1) is 12.7 Å². The van der Waals surface area contributed by atoms with E-state index in [4.69, 9.17) is 0 Å². The van der Waals surface area contributed by atoms with E-state index in [-0.39, 0.29) is 15.8 Å². The van der Waals surface area contributed by atoms with Crippen LogP contribution in [-0.4, -0.2) is 15.2 Å². The van der Waals surface area contributed by atoms with Crippen molar-refractivity contribution in [2.24, 2.45) is 0 Å². The van der Waals surface area contributed by atoms with Gasteiger partial charge in [0.1, 0.15) is 16.2 Å². The molecule has 0 amide bonds. The zero-order valence-corrected chi connectivity index (χ0v) is 14.5. The van der Waals surface area contributed by atoms with Crippen LogP contribution in [0.25, 0.3) is 10.9 Å². The third-order valence-electron chi connectivity index (χ3n) is 2.79. The largest absolute Gasteiger partial charge is 0.433 e. The number of pyridine rings is 1. The lowest BCUT2D eigenvalue weighted by atomic mass is 10.2. The van der Waals surface area contributed by atoms with Gasteiger partial charge in [0.15, 0.2) is 10.2 Å². The molecule has 0 radical (unpaired) electrons. The summed E-state index contributed by atoms with van der Waals surface area (Å²) in [4.78, 5) is 3.65. The van der Waals surface area contributed by atoms with Crippen LogP contribution >= 0.6 is 39.0 Å². The molecule has 1 aromatic carbocycles. The van der Waals surface area contributed by atoms with Crippen LogP contribution in [0.5, 0.6) is 0 Å². The van der Waals surface area contributed by atoms with Crippen LogP contribution < -0.4 is 0 Å². The minimum Gasteiger partial charge on any atom is -0.240 e. The van der Waals surface area contributed by atoms with Crippen LogP contribution in [0.4, 0.5) is 17.6 Å². The summed E-state index contributed by atoms with van der Waals surface area (Å²) in [6, 6.07) is 3.51. The number of rotatable bonds is 2. The minimum atomic E-state index is -4.67. The third kappa shape index (κ3) is 3.48. The van der Waals surface area contributed by atoms with Crippen LogP contribution in [0.1, 0.15) is 10.7 Å². The summed E-state index contributed by atoms with van der Waals surface area (Å²) >= 11 is 5.39. The second kappa shape index (κ2) is 5.99. The number of aryl methyl sites for hydroxylation is 1. The summed E-state index contributed by atoms with van der Waals surface area (Å²) in [6.07, 6.45) is -4.67. The summed E-state index contributed by atoms with van der Waals surface area (Å²) in [5.41, 5.74) is -1.47. The molecule has 2 aromatic heterocycles. The Hall–Kier alpha value is -1.26. The maximum absolute atomic E-state index is 14.0. The molecule has 2 heterocycles. The van der Waals surface area contributed by atoms with Gasteiger partial charge in [-0.1, -0.05) is 39.0 Å². The van der Waals surface area contributed by atoms with E-state index < -0.39 is 17.7 Å². The Morgan fingerprint density at radius 1 is 1.17 bits per heavy atom. The van der Waals surface area contributed by atoms with Crippen molar-refractivity contribution < 1.29 is 17.6 Å². The van der Waals surface area contributed by atoms with Gasteiger partial charge in [0, 0.05) is 14.8 Å². The molecule has 0 atom stereocenters. The molecule has 0 spiro atoms. The average Bonchev–Trinajstić information content (AvgIpc) is 2.83. The van der Waals surface area contributed by atoms with Crippen LogP contribution in [0.3, 0.4) is 0 Å². The van der Waals surface area contributed by atoms with E-state index in [0.717, 1.165) is 23.9 Å². The first-order chi connectivity index (χ1) is 10.7. The lowest BCUT2D eigenvalue weighted by Crippen LogP contribution is -2.09. The molecule has 0 fully saturated rings. The van der Waals surface area contributed by atoms with Crippen molar-refractivity contribution in [2.75, 3.05) is 0 Å². The number of aromatic nitrogens is 3.